The zero-order chi connectivity index (χ0) is 18.8. The summed E-state index contributed by atoms with van der Waals surface area (Å²) in [5, 5.41) is 6.86. The van der Waals surface area contributed by atoms with Crippen molar-refractivity contribution in [1.29, 1.82) is 0 Å². The van der Waals surface area contributed by atoms with Crippen LogP contribution in [-0.4, -0.2) is 42.3 Å². The predicted molar refractivity (Wildman–Crippen MR) is 103 cm³/mol. The smallest absolute Gasteiger partial charge is 0.251 e. The van der Waals surface area contributed by atoms with Crippen LogP contribution in [0.1, 0.15) is 63.7 Å². The molecule has 2 N–H and O–H groups in total. The molecule has 0 bridgehead atoms. The van der Waals surface area contributed by atoms with Crippen LogP contribution in [0.25, 0.3) is 0 Å². The van der Waals surface area contributed by atoms with Gasteiger partial charge in [-0.15, -0.1) is 0 Å². The maximum Gasteiger partial charge on any atom is 0.251 e. The Labute approximate surface area is 156 Å². The van der Waals surface area contributed by atoms with Crippen molar-refractivity contribution < 1.29 is 14.3 Å². The fourth-order valence-corrected chi connectivity index (χ4v) is 4.39. The highest BCUT2D eigenvalue weighted by Gasteiger charge is 2.38. The monoisotopic (exact) mass is 360 g/mol. The molecule has 2 saturated heterocycles. The molecule has 0 saturated carbocycles. The number of carbonyl (C=O) groups excluding carboxylic acids is 1. The Morgan fingerprint density at radius 3 is 2.65 bits per heavy atom. The van der Waals surface area contributed by atoms with Crippen molar-refractivity contribution in [2.45, 2.75) is 76.6 Å². The van der Waals surface area contributed by atoms with Crippen LogP contribution < -0.4 is 15.4 Å². The fraction of sp³-hybridized carbons (Fsp3) is 0.667. The topological polar surface area (TPSA) is 59.6 Å². The third-order valence-electron chi connectivity index (χ3n) is 5.08. The van der Waals surface area contributed by atoms with Gasteiger partial charge in [0, 0.05) is 29.3 Å². The Hall–Kier alpha value is -1.59. The highest BCUT2D eigenvalue weighted by atomic mass is 16.5. The first kappa shape index (κ1) is 19.2. The van der Waals surface area contributed by atoms with Crippen LogP contribution in [0.15, 0.2) is 24.3 Å². The van der Waals surface area contributed by atoms with Crippen LogP contribution in [0.5, 0.6) is 5.75 Å². The standard InChI is InChI=1S/C21H32N2O3/c1-20(2)12-16(13-21(3,4)23-20)22-19(24)15-7-5-8-17(11-15)26-14-18-9-6-10-25-18/h5,7-8,11,16,18,23H,6,9-10,12-14H2,1-4H3,(H,22,24)/t18-/m0/s1. The maximum atomic E-state index is 12.7. The van der Waals surface area contributed by atoms with E-state index in [1.165, 1.54) is 0 Å². The molecule has 0 spiro atoms. The van der Waals surface area contributed by atoms with Gasteiger partial charge in [0.2, 0.25) is 0 Å². The van der Waals surface area contributed by atoms with E-state index >= 15 is 0 Å². The van der Waals surface area contributed by atoms with E-state index in [0.29, 0.717) is 12.2 Å². The van der Waals surface area contributed by atoms with Gasteiger partial charge in [-0.2, -0.15) is 0 Å². The quantitative estimate of drug-likeness (QED) is 0.846. The first-order chi connectivity index (χ1) is 12.2. The van der Waals surface area contributed by atoms with Gasteiger partial charge in [0.25, 0.3) is 5.91 Å². The van der Waals surface area contributed by atoms with Gasteiger partial charge >= 0.3 is 0 Å². The second kappa shape index (κ2) is 7.57. The lowest BCUT2D eigenvalue weighted by Gasteiger charge is -2.46. The number of rotatable bonds is 5. The van der Waals surface area contributed by atoms with Gasteiger partial charge in [-0.1, -0.05) is 6.07 Å². The van der Waals surface area contributed by atoms with Crippen molar-refractivity contribution in [3.8, 4) is 5.75 Å². The maximum absolute atomic E-state index is 12.7. The van der Waals surface area contributed by atoms with Crippen molar-refractivity contribution in [3.63, 3.8) is 0 Å². The summed E-state index contributed by atoms with van der Waals surface area (Å²) in [6.45, 7) is 10.1. The molecule has 5 nitrogen and oxygen atoms in total. The third kappa shape index (κ3) is 5.21. The molecule has 2 heterocycles. The summed E-state index contributed by atoms with van der Waals surface area (Å²) in [5.41, 5.74) is 0.654. The minimum absolute atomic E-state index is 0.00589. The van der Waals surface area contributed by atoms with Crippen LogP contribution in [-0.2, 0) is 4.74 Å². The number of ether oxygens (including phenoxy) is 2. The summed E-state index contributed by atoms with van der Waals surface area (Å²) in [7, 11) is 0. The number of amides is 1. The lowest BCUT2D eigenvalue weighted by atomic mass is 9.79. The molecule has 1 amide bonds. The molecule has 0 aliphatic carbocycles. The molecule has 1 atom stereocenters. The lowest BCUT2D eigenvalue weighted by Crippen LogP contribution is -2.62. The fourth-order valence-electron chi connectivity index (χ4n) is 4.39. The second-order valence-corrected chi connectivity index (χ2v) is 8.95. The molecular weight excluding hydrogens is 328 g/mol. The Morgan fingerprint density at radius 1 is 1.27 bits per heavy atom. The molecule has 0 aromatic heterocycles. The number of carbonyl (C=O) groups is 1. The lowest BCUT2D eigenvalue weighted by molar-refractivity contribution is 0.0679. The summed E-state index contributed by atoms with van der Waals surface area (Å²) in [4.78, 5) is 12.7. The minimum atomic E-state index is -0.0360. The molecule has 2 aliphatic heterocycles. The third-order valence-corrected chi connectivity index (χ3v) is 5.08. The van der Waals surface area contributed by atoms with Gasteiger partial charge < -0.3 is 20.1 Å². The number of nitrogens with one attached hydrogen (secondary N) is 2. The molecule has 2 aliphatic rings. The average Bonchev–Trinajstić information content (AvgIpc) is 3.03. The van der Waals surface area contributed by atoms with Crippen molar-refractivity contribution in [1.82, 2.24) is 10.6 Å². The van der Waals surface area contributed by atoms with Crippen molar-refractivity contribution >= 4 is 5.91 Å². The van der Waals surface area contributed by atoms with Crippen molar-refractivity contribution in [2.75, 3.05) is 13.2 Å². The number of hydrogen-bond acceptors (Lipinski definition) is 4. The summed E-state index contributed by atoms with van der Waals surface area (Å²) >= 11 is 0. The predicted octanol–water partition coefficient (Wildman–Crippen LogP) is 3.28. The molecule has 2 fully saturated rings. The molecule has 0 radical (unpaired) electrons. The molecule has 3 rings (SSSR count). The molecule has 1 aromatic rings. The molecule has 5 heteroatoms. The first-order valence-electron chi connectivity index (χ1n) is 9.67. The van der Waals surface area contributed by atoms with Crippen LogP contribution in [0.3, 0.4) is 0 Å². The van der Waals surface area contributed by atoms with Crippen LogP contribution in [0, 0.1) is 0 Å². The number of hydrogen-bond donors (Lipinski definition) is 2. The summed E-state index contributed by atoms with van der Waals surface area (Å²) in [6.07, 6.45) is 4.14. The highest BCUT2D eigenvalue weighted by Crippen LogP contribution is 2.28. The summed E-state index contributed by atoms with van der Waals surface area (Å²) in [5.74, 6) is 0.685. The van der Waals surface area contributed by atoms with E-state index in [-0.39, 0.29) is 29.1 Å². The molecule has 144 valence electrons. The van der Waals surface area contributed by atoms with E-state index in [2.05, 4.69) is 38.3 Å². The van der Waals surface area contributed by atoms with Crippen LogP contribution in [0.2, 0.25) is 0 Å². The van der Waals surface area contributed by atoms with E-state index in [9.17, 15) is 4.79 Å². The zero-order valence-corrected chi connectivity index (χ0v) is 16.4. The van der Waals surface area contributed by atoms with Gasteiger partial charge in [-0.05, 0) is 71.6 Å². The largest absolute Gasteiger partial charge is 0.491 e. The number of piperidine rings is 1. The van der Waals surface area contributed by atoms with E-state index < -0.39 is 0 Å². The Kier molecular flexibility index (Phi) is 5.58. The van der Waals surface area contributed by atoms with E-state index in [1.54, 1.807) is 0 Å². The second-order valence-electron chi connectivity index (χ2n) is 8.95. The van der Waals surface area contributed by atoms with Crippen LogP contribution >= 0.6 is 0 Å². The average molecular weight is 360 g/mol. The van der Waals surface area contributed by atoms with Crippen molar-refractivity contribution in [3.05, 3.63) is 29.8 Å². The van der Waals surface area contributed by atoms with Crippen molar-refractivity contribution in [2.24, 2.45) is 0 Å². The molecular formula is C21H32N2O3. The summed E-state index contributed by atoms with van der Waals surface area (Å²) < 4.78 is 11.4. The minimum Gasteiger partial charge on any atom is -0.491 e. The SMILES string of the molecule is CC1(C)CC(NC(=O)c2cccc(OC[C@@H]3CCCO3)c2)CC(C)(C)N1. The van der Waals surface area contributed by atoms with E-state index in [4.69, 9.17) is 9.47 Å². The zero-order valence-electron chi connectivity index (χ0n) is 16.4. The molecule has 0 unspecified atom stereocenters. The summed E-state index contributed by atoms with van der Waals surface area (Å²) in [6, 6.07) is 7.58. The van der Waals surface area contributed by atoms with Gasteiger partial charge in [-0.25, -0.2) is 0 Å². The van der Waals surface area contributed by atoms with E-state index in [1.807, 2.05) is 24.3 Å². The van der Waals surface area contributed by atoms with Gasteiger partial charge in [0.15, 0.2) is 0 Å². The molecule has 26 heavy (non-hydrogen) atoms. The van der Waals surface area contributed by atoms with Gasteiger partial charge in [0.1, 0.15) is 12.4 Å². The number of benzene rings is 1. The first-order valence-corrected chi connectivity index (χ1v) is 9.67. The normalized spacial score (nSPS) is 25.0. The highest BCUT2D eigenvalue weighted by molar-refractivity contribution is 5.94. The van der Waals surface area contributed by atoms with Gasteiger partial charge in [0.05, 0.1) is 6.10 Å². The van der Waals surface area contributed by atoms with E-state index in [0.717, 1.165) is 38.0 Å². The Morgan fingerprint density at radius 2 is 2.00 bits per heavy atom. The molecule has 1 aromatic carbocycles. The Bertz CT molecular complexity index is 620. The van der Waals surface area contributed by atoms with Crippen LogP contribution in [0.4, 0.5) is 0 Å². The Balaban J connectivity index is 1.59. The van der Waals surface area contributed by atoms with Gasteiger partial charge in [-0.3, -0.25) is 4.79 Å².